The third-order valence-electron chi connectivity index (χ3n) is 1.34. The first-order valence-corrected chi connectivity index (χ1v) is 3.70. The van der Waals surface area contributed by atoms with E-state index in [0.717, 1.165) is 5.57 Å². The van der Waals surface area contributed by atoms with Gasteiger partial charge in [-0.1, -0.05) is 12.2 Å². The molecule has 0 aromatic carbocycles. The van der Waals surface area contributed by atoms with E-state index < -0.39 is 0 Å². The molecule has 0 atom stereocenters. The Morgan fingerprint density at radius 2 is 2.18 bits per heavy atom. The van der Waals surface area contributed by atoms with Crippen molar-refractivity contribution in [3.05, 3.63) is 12.2 Å². The van der Waals surface area contributed by atoms with Gasteiger partial charge in [0, 0.05) is 0 Å². The topological polar surface area (TPSA) is 27.7 Å². The fourth-order valence-corrected chi connectivity index (χ4v) is 0.822. The van der Waals surface area contributed by atoms with Crippen LogP contribution in [0.2, 0.25) is 0 Å². The summed E-state index contributed by atoms with van der Waals surface area (Å²) in [6.45, 7) is 7.92. The smallest absolute Gasteiger partial charge is 0.146 e. The molecule has 1 fully saturated rings. The van der Waals surface area contributed by atoms with Gasteiger partial charge in [-0.25, -0.2) is 0 Å². The number of hydrogen-bond acceptors (Lipinski definition) is 3. The zero-order valence-corrected chi connectivity index (χ0v) is 6.84. The van der Waals surface area contributed by atoms with Gasteiger partial charge in [0.15, 0.2) is 0 Å². The van der Waals surface area contributed by atoms with Gasteiger partial charge in [-0.15, -0.1) is 0 Å². The third-order valence-corrected chi connectivity index (χ3v) is 1.34. The lowest BCUT2D eigenvalue weighted by molar-refractivity contribution is -0.164. The van der Waals surface area contributed by atoms with Gasteiger partial charge in [-0.2, -0.15) is 0 Å². The highest BCUT2D eigenvalue weighted by Gasteiger charge is 2.13. The molecule has 3 nitrogen and oxygen atoms in total. The molecule has 1 aliphatic heterocycles. The van der Waals surface area contributed by atoms with E-state index in [1.807, 2.05) is 6.92 Å². The van der Waals surface area contributed by atoms with Crippen LogP contribution in [0.1, 0.15) is 6.92 Å². The van der Waals surface area contributed by atoms with Gasteiger partial charge in [-0.3, -0.25) is 0 Å². The Balaban J connectivity index is 2.09. The van der Waals surface area contributed by atoms with E-state index >= 15 is 0 Å². The van der Waals surface area contributed by atoms with Gasteiger partial charge < -0.3 is 14.2 Å². The molecule has 0 aliphatic carbocycles. The van der Waals surface area contributed by atoms with Crippen LogP contribution < -0.4 is 0 Å². The van der Waals surface area contributed by atoms with Crippen molar-refractivity contribution in [1.29, 1.82) is 0 Å². The van der Waals surface area contributed by atoms with Crippen LogP contribution in [0.4, 0.5) is 0 Å². The molecule has 0 unspecified atom stereocenters. The molecule has 0 aromatic heterocycles. The molecule has 11 heavy (non-hydrogen) atoms. The molecule has 3 heteroatoms. The Morgan fingerprint density at radius 3 is 2.73 bits per heavy atom. The van der Waals surface area contributed by atoms with E-state index in [1.165, 1.54) is 0 Å². The summed E-state index contributed by atoms with van der Waals surface area (Å²) in [5, 5.41) is 0. The standard InChI is InChI=1S/C8H14O3/c1-7(2)3-11-8-4-9-6-10-5-8/h8H,1,3-6H2,2H3. The summed E-state index contributed by atoms with van der Waals surface area (Å²) in [5.74, 6) is 0. The maximum atomic E-state index is 5.39. The first kappa shape index (κ1) is 8.71. The summed E-state index contributed by atoms with van der Waals surface area (Å²) in [7, 11) is 0. The SMILES string of the molecule is C=C(C)COC1COCOC1. The molecule has 1 rings (SSSR count). The average Bonchev–Trinajstić information content (AvgIpc) is 2.03. The highest BCUT2D eigenvalue weighted by Crippen LogP contribution is 2.02. The molecule has 0 aromatic rings. The Bertz CT molecular complexity index is 127. The summed E-state index contributed by atoms with van der Waals surface area (Å²) in [5.41, 5.74) is 1.02. The molecule has 1 heterocycles. The van der Waals surface area contributed by atoms with E-state index in [9.17, 15) is 0 Å². The minimum Gasteiger partial charge on any atom is -0.369 e. The second kappa shape index (κ2) is 4.49. The normalized spacial score (nSPS) is 20.1. The molecular formula is C8H14O3. The van der Waals surface area contributed by atoms with Crippen molar-refractivity contribution in [2.45, 2.75) is 13.0 Å². The Hall–Kier alpha value is -0.380. The summed E-state index contributed by atoms with van der Waals surface area (Å²) in [4.78, 5) is 0. The van der Waals surface area contributed by atoms with Crippen molar-refractivity contribution in [1.82, 2.24) is 0 Å². The van der Waals surface area contributed by atoms with Crippen LogP contribution in [0, 0.1) is 0 Å². The minimum atomic E-state index is 0.0837. The summed E-state index contributed by atoms with van der Waals surface area (Å²) < 4.78 is 15.5. The Labute approximate surface area is 66.9 Å². The van der Waals surface area contributed by atoms with E-state index in [0.29, 0.717) is 26.6 Å². The quantitative estimate of drug-likeness (QED) is 0.572. The zero-order valence-electron chi connectivity index (χ0n) is 6.84. The van der Waals surface area contributed by atoms with Gasteiger partial charge in [-0.05, 0) is 6.92 Å². The van der Waals surface area contributed by atoms with E-state index in [4.69, 9.17) is 14.2 Å². The van der Waals surface area contributed by atoms with Gasteiger partial charge in [0.1, 0.15) is 12.9 Å². The van der Waals surface area contributed by atoms with Crippen molar-refractivity contribution in [3.63, 3.8) is 0 Å². The minimum absolute atomic E-state index is 0.0837. The third kappa shape index (κ3) is 3.51. The van der Waals surface area contributed by atoms with Gasteiger partial charge in [0.25, 0.3) is 0 Å². The Morgan fingerprint density at radius 1 is 1.55 bits per heavy atom. The van der Waals surface area contributed by atoms with E-state index in [1.54, 1.807) is 0 Å². The maximum absolute atomic E-state index is 5.39. The van der Waals surface area contributed by atoms with E-state index in [2.05, 4.69) is 6.58 Å². The van der Waals surface area contributed by atoms with Gasteiger partial charge in [0.05, 0.1) is 19.8 Å². The van der Waals surface area contributed by atoms with Crippen molar-refractivity contribution in [2.24, 2.45) is 0 Å². The van der Waals surface area contributed by atoms with Crippen LogP contribution in [0.15, 0.2) is 12.2 Å². The first-order valence-electron chi connectivity index (χ1n) is 3.70. The van der Waals surface area contributed by atoms with Gasteiger partial charge >= 0.3 is 0 Å². The number of ether oxygens (including phenoxy) is 3. The van der Waals surface area contributed by atoms with Crippen LogP contribution in [-0.4, -0.2) is 32.7 Å². The van der Waals surface area contributed by atoms with Crippen molar-refractivity contribution in [3.8, 4) is 0 Å². The fraction of sp³-hybridized carbons (Fsp3) is 0.750. The van der Waals surface area contributed by atoms with Crippen molar-refractivity contribution >= 4 is 0 Å². The fourth-order valence-electron chi connectivity index (χ4n) is 0.822. The first-order chi connectivity index (χ1) is 5.29. The molecular weight excluding hydrogens is 144 g/mol. The average molecular weight is 158 g/mol. The number of hydrogen-bond donors (Lipinski definition) is 0. The second-order valence-corrected chi connectivity index (χ2v) is 2.75. The molecule has 0 spiro atoms. The van der Waals surface area contributed by atoms with Crippen LogP contribution in [0.5, 0.6) is 0 Å². The molecule has 1 aliphatic rings. The van der Waals surface area contributed by atoms with E-state index in [-0.39, 0.29) is 6.10 Å². The lowest BCUT2D eigenvalue weighted by Crippen LogP contribution is -2.31. The zero-order chi connectivity index (χ0) is 8.10. The highest BCUT2D eigenvalue weighted by atomic mass is 16.7. The summed E-state index contributed by atoms with van der Waals surface area (Å²) in [6, 6.07) is 0. The maximum Gasteiger partial charge on any atom is 0.146 e. The van der Waals surface area contributed by atoms with Crippen LogP contribution in [0.25, 0.3) is 0 Å². The Kier molecular flexibility index (Phi) is 3.56. The molecule has 0 bridgehead atoms. The van der Waals surface area contributed by atoms with Crippen LogP contribution in [-0.2, 0) is 14.2 Å². The van der Waals surface area contributed by atoms with Crippen molar-refractivity contribution in [2.75, 3.05) is 26.6 Å². The molecule has 1 saturated heterocycles. The largest absolute Gasteiger partial charge is 0.369 e. The molecule has 0 radical (unpaired) electrons. The molecule has 64 valence electrons. The number of rotatable bonds is 3. The predicted molar refractivity (Wildman–Crippen MR) is 41.3 cm³/mol. The lowest BCUT2D eigenvalue weighted by Gasteiger charge is -2.22. The monoisotopic (exact) mass is 158 g/mol. The lowest BCUT2D eigenvalue weighted by atomic mass is 10.3. The van der Waals surface area contributed by atoms with Crippen LogP contribution in [0.3, 0.4) is 0 Å². The van der Waals surface area contributed by atoms with Crippen LogP contribution >= 0.6 is 0 Å². The molecule has 0 N–H and O–H groups in total. The molecule has 0 amide bonds. The molecule has 0 saturated carbocycles. The van der Waals surface area contributed by atoms with Gasteiger partial charge in [0.2, 0.25) is 0 Å². The second-order valence-electron chi connectivity index (χ2n) is 2.75. The summed E-state index contributed by atoms with van der Waals surface area (Å²) >= 11 is 0. The predicted octanol–water partition coefficient (Wildman–Crippen LogP) is 0.952. The summed E-state index contributed by atoms with van der Waals surface area (Å²) in [6.07, 6.45) is 0.0837. The highest BCUT2D eigenvalue weighted by molar-refractivity contribution is 4.87. The van der Waals surface area contributed by atoms with Crippen molar-refractivity contribution < 1.29 is 14.2 Å².